The van der Waals surface area contributed by atoms with Gasteiger partial charge in [0.15, 0.2) is 0 Å². The lowest BCUT2D eigenvalue weighted by Gasteiger charge is -2.26. The fraction of sp³-hybridized carbons (Fsp3) is 0.643. The molecule has 0 radical (unpaired) electrons. The van der Waals surface area contributed by atoms with E-state index in [2.05, 4.69) is 29.1 Å². The minimum absolute atomic E-state index is 0.218. The van der Waals surface area contributed by atoms with Crippen molar-refractivity contribution in [3.8, 4) is 0 Å². The average Bonchev–Trinajstić information content (AvgIpc) is 2.83. The molecule has 1 N–H and O–H groups in total. The fourth-order valence-electron chi connectivity index (χ4n) is 2.40. The molecule has 1 saturated carbocycles. The van der Waals surface area contributed by atoms with Crippen molar-refractivity contribution in [1.82, 2.24) is 5.32 Å². The van der Waals surface area contributed by atoms with Crippen LogP contribution in [0.4, 0.5) is 0 Å². The van der Waals surface area contributed by atoms with Crippen molar-refractivity contribution in [3.63, 3.8) is 0 Å². The number of thiophene rings is 1. The number of hydrogen-bond acceptors (Lipinski definition) is 2. The van der Waals surface area contributed by atoms with E-state index in [1.165, 1.54) is 18.4 Å². The van der Waals surface area contributed by atoms with Gasteiger partial charge in [-0.3, -0.25) is 4.79 Å². The van der Waals surface area contributed by atoms with Crippen LogP contribution in [0.1, 0.15) is 44.6 Å². The minimum atomic E-state index is 0.218. The van der Waals surface area contributed by atoms with E-state index < -0.39 is 0 Å². The second-order valence-electron chi connectivity index (χ2n) is 5.16. The molecule has 1 aromatic heterocycles. The van der Waals surface area contributed by atoms with Gasteiger partial charge in [0.1, 0.15) is 0 Å². The SMILES string of the molecule is CC1CCC(NC(=O)CCc2ccsc2)CC1. The lowest BCUT2D eigenvalue weighted by atomic mass is 9.87. The van der Waals surface area contributed by atoms with Crippen LogP contribution in [0.25, 0.3) is 0 Å². The molecular weight excluding hydrogens is 230 g/mol. The molecule has 3 heteroatoms. The van der Waals surface area contributed by atoms with Crippen LogP contribution in [-0.4, -0.2) is 11.9 Å². The molecule has 1 amide bonds. The summed E-state index contributed by atoms with van der Waals surface area (Å²) < 4.78 is 0. The molecule has 17 heavy (non-hydrogen) atoms. The Kier molecular flexibility index (Phi) is 4.60. The highest BCUT2D eigenvalue weighted by atomic mass is 32.1. The molecule has 1 heterocycles. The Morgan fingerprint density at radius 2 is 2.18 bits per heavy atom. The van der Waals surface area contributed by atoms with E-state index in [1.807, 2.05) is 0 Å². The number of carbonyl (C=O) groups excluding carboxylic acids is 1. The molecule has 2 rings (SSSR count). The molecule has 0 aliphatic heterocycles. The highest BCUT2D eigenvalue weighted by molar-refractivity contribution is 7.07. The zero-order chi connectivity index (χ0) is 12.1. The smallest absolute Gasteiger partial charge is 0.220 e. The first-order valence-corrected chi connectivity index (χ1v) is 7.49. The standard InChI is InChI=1S/C14H21NOS/c1-11-2-5-13(6-3-11)15-14(16)7-4-12-8-9-17-10-12/h8-11,13H,2-7H2,1H3,(H,15,16). The first kappa shape index (κ1) is 12.6. The summed E-state index contributed by atoms with van der Waals surface area (Å²) in [6.45, 7) is 2.30. The fourth-order valence-corrected chi connectivity index (χ4v) is 3.10. The van der Waals surface area contributed by atoms with Gasteiger partial charge in [0.05, 0.1) is 0 Å². The van der Waals surface area contributed by atoms with Crippen LogP contribution in [0.5, 0.6) is 0 Å². The van der Waals surface area contributed by atoms with E-state index in [9.17, 15) is 4.79 Å². The number of hydrogen-bond donors (Lipinski definition) is 1. The van der Waals surface area contributed by atoms with E-state index >= 15 is 0 Å². The van der Waals surface area contributed by atoms with E-state index in [-0.39, 0.29) is 5.91 Å². The number of rotatable bonds is 4. The molecule has 0 atom stereocenters. The van der Waals surface area contributed by atoms with Gasteiger partial charge in [0.2, 0.25) is 5.91 Å². The normalized spacial score (nSPS) is 24.5. The quantitative estimate of drug-likeness (QED) is 0.873. The zero-order valence-electron chi connectivity index (χ0n) is 10.4. The Bertz CT molecular complexity index is 339. The van der Waals surface area contributed by atoms with Gasteiger partial charge in [0.25, 0.3) is 0 Å². The predicted octanol–water partition coefficient (Wildman–Crippen LogP) is 3.38. The monoisotopic (exact) mass is 251 g/mol. The summed E-state index contributed by atoms with van der Waals surface area (Å²) in [5, 5.41) is 7.35. The highest BCUT2D eigenvalue weighted by Gasteiger charge is 2.19. The summed E-state index contributed by atoms with van der Waals surface area (Å²) in [7, 11) is 0. The van der Waals surface area contributed by atoms with Crippen molar-refractivity contribution >= 4 is 17.2 Å². The van der Waals surface area contributed by atoms with E-state index in [1.54, 1.807) is 11.3 Å². The minimum Gasteiger partial charge on any atom is -0.353 e. The van der Waals surface area contributed by atoms with Crippen molar-refractivity contribution in [3.05, 3.63) is 22.4 Å². The summed E-state index contributed by atoms with van der Waals surface area (Å²) >= 11 is 1.70. The maximum atomic E-state index is 11.8. The van der Waals surface area contributed by atoms with Crippen LogP contribution in [0.3, 0.4) is 0 Å². The van der Waals surface area contributed by atoms with Gasteiger partial charge in [0, 0.05) is 12.5 Å². The van der Waals surface area contributed by atoms with Gasteiger partial charge < -0.3 is 5.32 Å². The van der Waals surface area contributed by atoms with Crippen LogP contribution in [0.15, 0.2) is 16.8 Å². The maximum Gasteiger partial charge on any atom is 0.220 e. The zero-order valence-corrected chi connectivity index (χ0v) is 11.3. The Labute approximate surface area is 107 Å². The summed E-state index contributed by atoms with van der Waals surface area (Å²) in [5.41, 5.74) is 1.28. The Morgan fingerprint density at radius 3 is 2.82 bits per heavy atom. The molecule has 1 aromatic rings. The molecule has 2 nitrogen and oxygen atoms in total. The van der Waals surface area contributed by atoms with Crippen molar-refractivity contribution in [1.29, 1.82) is 0 Å². The summed E-state index contributed by atoms with van der Waals surface area (Å²) in [6, 6.07) is 2.53. The van der Waals surface area contributed by atoms with Crippen molar-refractivity contribution < 1.29 is 4.79 Å². The lowest BCUT2D eigenvalue weighted by molar-refractivity contribution is -0.122. The second-order valence-corrected chi connectivity index (χ2v) is 5.94. The van der Waals surface area contributed by atoms with Crippen molar-refractivity contribution in [2.45, 2.75) is 51.5 Å². The number of amides is 1. The first-order valence-electron chi connectivity index (χ1n) is 6.54. The summed E-state index contributed by atoms with van der Waals surface area (Å²) in [4.78, 5) is 11.8. The molecule has 0 bridgehead atoms. The van der Waals surface area contributed by atoms with Gasteiger partial charge >= 0.3 is 0 Å². The number of carbonyl (C=O) groups is 1. The molecule has 1 aliphatic carbocycles. The molecule has 1 fully saturated rings. The van der Waals surface area contributed by atoms with Crippen LogP contribution < -0.4 is 5.32 Å². The summed E-state index contributed by atoms with van der Waals surface area (Å²) in [5.74, 6) is 1.06. The molecule has 94 valence electrons. The molecule has 0 spiro atoms. The van der Waals surface area contributed by atoms with Crippen LogP contribution >= 0.6 is 11.3 Å². The van der Waals surface area contributed by atoms with Crippen LogP contribution in [-0.2, 0) is 11.2 Å². The van der Waals surface area contributed by atoms with Gasteiger partial charge in [-0.2, -0.15) is 11.3 Å². The van der Waals surface area contributed by atoms with Gasteiger partial charge in [-0.25, -0.2) is 0 Å². The van der Waals surface area contributed by atoms with Crippen LogP contribution in [0.2, 0.25) is 0 Å². The topological polar surface area (TPSA) is 29.1 Å². The van der Waals surface area contributed by atoms with Gasteiger partial charge in [-0.1, -0.05) is 6.92 Å². The van der Waals surface area contributed by atoms with Crippen molar-refractivity contribution in [2.24, 2.45) is 5.92 Å². The van der Waals surface area contributed by atoms with Gasteiger partial charge in [-0.15, -0.1) is 0 Å². The summed E-state index contributed by atoms with van der Waals surface area (Å²) in [6.07, 6.45) is 6.34. The third-order valence-electron chi connectivity index (χ3n) is 3.60. The predicted molar refractivity (Wildman–Crippen MR) is 72.2 cm³/mol. The highest BCUT2D eigenvalue weighted by Crippen LogP contribution is 2.23. The molecule has 0 unspecified atom stereocenters. The molecule has 1 aliphatic rings. The second kappa shape index (κ2) is 6.20. The van der Waals surface area contributed by atoms with E-state index in [0.717, 1.165) is 25.2 Å². The third kappa shape index (κ3) is 4.15. The third-order valence-corrected chi connectivity index (χ3v) is 4.33. The van der Waals surface area contributed by atoms with Gasteiger partial charge in [-0.05, 0) is 60.4 Å². The number of nitrogens with one attached hydrogen (secondary N) is 1. The lowest BCUT2D eigenvalue weighted by Crippen LogP contribution is -2.37. The largest absolute Gasteiger partial charge is 0.353 e. The van der Waals surface area contributed by atoms with E-state index in [0.29, 0.717) is 12.5 Å². The Morgan fingerprint density at radius 1 is 1.41 bits per heavy atom. The maximum absolute atomic E-state index is 11.8. The Hall–Kier alpha value is -0.830. The first-order chi connectivity index (χ1) is 8.24. The Balaban J connectivity index is 1.67. The molecular formula is C14H21NOS. The number of aryl methyl sites for hydroxylation is 1. The van der Waals surface area contributed by atoms with Crippen LogP contribution in [0, 0.1) is 5.92 Å². The molecule has 0 aromatic carbocycles. The van der Waals surface area contributed by atoms with E-state index in [4.69, 9.17) is 0 Å². The molecule has 0 saturated heterocycles. The average molecular weight is 251 g/mol. The van der Waals surface area contributed by atoms with Crippen molar-refractivity contribution in [2.75, 3.05) is 0 Å².